The van der Waals surface area contributed by atoms with Crippen molar-refractivity contribution < 1.29 is 16.1 Å². The molecule has 0 radical (unpaired) electrons. The number of phenolic OH excluding ortho intramolecular Hbond substituents is 1. The zero-order valence-corrected chi connectivity index (χ0v) is 40.4. The van der Waals surface area contributed by atoms with Gasteiger partial charge in [0.15, 0.2) is 0 Å². The monoisotopic (exact) mass is 886 g/mol. The van der Waals surface area contributed by atoms with Crippen LogP contribution in [0.25, 0.3) is 83.9 Å². The van der Waals surface area contributed by atoms with Gasteiger partial charge in [-0.15, -0.1) is 0 Å². The molecule has 0 spiro atoms. The molecule has 0 saturated carbocycles. The third-order valence-electron chi connectivity index (χ3n) is 12.8. The number of imidazole rings is 1. The van der Waals surface area contributed by atoms with Gasteiger partial charge in [-0.3, -0.25) is 9.55 Å². The molecule has 4 nitrogen and oxygen atoms in total. The lowest BCUT2D eigenvalue weighted by atomic mass is 9.83. The topological polar surface area (TPSA) is 50.9 Å². The van der Waals surface area contributed by atoms with Gasteiger partial charge < -0.3 is 5.11 Å². The van der Waals surface area contributed by atoms with E-state index in [1.165, 1.54) is 5.56 Å². The van der Waals surface area contributed by atoms with Crippen LogP contribution in [0, 0.1) is 6.92 Å². The minimum absolute atomic E-state index is 0.00438. The number of benzene rings is 7. The Bertz CT molecular complexity index is 3710. The van der Waals surface area contributed by atoms with E-state index < -0.39 is 47.8 Å². The van der Waals surface area contributed by atoms with Gasteiger partial charge in [-0.25, -0.2) is 4.98 Å². The van der Waals surface area contributed by atoms with E-state index in [2.05, 4.69) is 159 Å². The zero-order valence-electron chi connectivity index (χ0n) is 48.4. The van der Waals surface area contributed by atoms with Gasteiger partial charge in [-0.05, 0) is 139 Å². The highest BCUT2D eigenvalue weighted by Crippen LogP contribution is 2.45. The van der Waals surface area contributed by atoms with Crippen molar-refractivity contribution in [3.63, 3.8) is 0 Å². The number of nitrogens with zero attached hydrogens (tertiary/aromatic N) is 3. The lowest BCUT2D eigenvalue weighted by molar-refractivity contribution is 0.466. The molecule has 4 heteroatoms. The number of aryl methyl sites for hydroxylation is 1. The van der Waals surface area contributed by atoms with Crippen LogP contribution in [0.3, 0.4) is 0 Å². The Morgan fingerprint density at radius 1 is 0.567 bits per heavy atom. The summed E-state index contributed by atoms with van der Waals surface area (Å²) in [5, 5.41) is 12.5. The summed E-state index contributed by atoms with van der Waals surface area (Å²) < 4.78 is 72.1. The first-order valence-electron chi connectivity index (χ1n) is 27.2. The minimum atomic E-state index is -0.601. The molecule has 0 atom stereocenters. The highest BCUT2D eigenvalue weighted by atomic mass is 16.3. The summed E-state index contributed by atoms with van der Waals surface area (Å²) >= 11 is 0. The van der Waals surface area contributed by atoms with E-state index >= 15 is 0 Å². The Kier molecular flexibility index (Phi) is 9.51. The fraction of sp³-hybridized carbons (Fsp3) is 0.238. The van der Waals surface area contributed by atoms with Gasteiger partial charge in [0.25, 0.3) is 0 Å². The molecule has 2 heterocycles. The molecule has 7 aromatic carbocycles. The molecule has 0 aliphatic rings. The molecule has 0 saturated heterocycles. The largest absolute Gasteiger partial charge is 0.507 e. The number of pyridine rings is 1. The van der Waals surface area contributed by atoms with Crippen molar-refractivity contribution in [3.8, 4) is 78.6 Å². The molecule has 0 aliphatic carbocycles. The number of hydrogen-bond donors (Lipinski definition) is 1. The summed E-state index contributed by atoms with van der Waals surface area (Å²) in [5.41, 5.74) is 13.0. The standard InChI is InChI=1S/C63H63N3O/c1-39(2)46-35-52(40(3)4)60(67)55(36-46)61-65-59-51(47-32-48(34-50(33-47)63(9,10)11)56-37-45(29-30-64-56)42-19-14-12-15-20-42)23-18-24-57(59)66(61)58-31-41(5)53(38-54(58)43-21-16-13-17-22-43)44-25-27-49(28-26-44)62(6,7)8/h12-40,67H,1-11H3/i12D,14D,15D,19D,20D,29D,30D,37D. The molecule has 0 amide bonds. The van der Waals surface area contributed by atoms with Gasteiger partial charge in [0.2, 0.25) is 0 Å². The zero-order chi connectivity index (χ0) is 54.3. The van der Waals surface area contributed by atoms with Crippen LogP contribution in [0.4, 0.5) is 0 Å². The Balaban J connectivity index is 1.37. The molecule has 0 unspecified atom stereocenters. The predicted molar refractivity (Wildman–Crippen MR) is 283 cm³/mol. The van der Waals surface area contributed by atoms with Crippen LogP contribution < -0.4 is 0 Å². The summed E-state index contributed by atoms with van der Waals surface area (Å²) in [7, 11) is 0. The molecule has 0 aliphatic heterocycles. The van der Waals surface area contributed by atoms with Gasteiger partial charge in [0.05, 0.1) is 38.9 Å². The molecule has 0 bridgehead atoms. The second kappa shape index (κ2) is 17.6. The minimum Gasteiger partial charge on any atom is -0.507 e. The first-order chi connectivity index (χ1) is 35.3. The molecule has 9 aromatic rings. The second-order valence-electron chi connectivity index (χ2n) is 20.4. The van der Waals surface area contributed by atoms with E-state index in [-0.39, 0.29) is 45.9 Å². The number of rotatable bonds is 9. The Morgan fingerprint density at radius 2 is 1.25 bits per heavy atom. The normalized spacial score (nSPS) is 13.8. The van der Waals surface area contributed by atoms with Crippen LogP contribution in [0.5, 0.6) is 5.75 Å². The fourth-order valence-electron chi connectivity index (χ4n) is 8.88. The van der Waals surface area contributed by atoms with Gasteiger partial charge in [0.1, 0.15) is 11.6 Å². The number of para-hydroxylation sites is 1. The van der Waals surface area contributed by atoms with E-state index in [0.717, 1.165) is 66.8 Å². The van der Waals surface area contributed by atoms with Gasteiger partial charge >= 0.3 is 0 Å². The SMILES string of the molecule is [2H]c1nc(-c2cc(-c3cccc4c3nc(-c3cc(C(C)C)cc(C(C)C)c3O)n4-c3cc(C)c(-c4ccc(C(C)(C)C)cc4)cc3-c3ccccc3)cc(C(C)(C)C)c2)c([2H])c(-c2c([2H])c([2H])c([2H])c([2H])c2[2H])c1[2H]. The van der Waals surface area contributed by atoms with Crippen molar-refractivity contribution in [2.45, 2.75) is 98.8 Å². The Morgan fingerprint density at radius 3 is 1.93 bits per heavy atom. The third kappa shape index (κ3) is 8.86. The van der Waals surface area contributed by atoms with Crippen molar-refractivity contribution >= 4 is 11.0 Å². The Hall–Kier alpha value is -7.04. The third-order valence-corrected chi connectivity index (χ3v) is 12.8. The quantitative estimate of drug-likeness (QED) is 0.157. The fourth-order valence-corrected chi connectivity index (χ4v) is 8.88. The lowest BCUT2D eigenvalue weighted by Gasteiger charge is -2.22. The average Bonchev–Trinajstić information content (AvgIpc) is 3.78. The number of aromatic hydroxyl groups is 1. The van der Waals surface area contributed by atoms with Crippen LogP contribution in [0.2, 0.25) is 0 Å². The first-order valence-corrected chi connectivity index (χ1v) is 23.2. The molecule has 1 N–H and O–H groups in total. The number of fused-ring (bicyclic) bond motifs is 1. The smallest absolute Gasteiger partial charge is 0.149 e. The van der Waals surface area contributed by atoms with Crippen LogP contribution in [-0.4, -0.2) is 19.6 Å². The molecule has 67 heavy (non-hydrogen) atoms. The summed E-state index contributed by atoms with van der Waals surface area (Å²) in [4.78, 5) is 10.1. The van der Waals surface area contributed by atoms with Gasteiger partial charge in [-0.2, -0.15) is 0 Å². The highest BCUT2D eigenvalue weighted by Gasteiger charge is 2.27. The first kappa shape index (κ1) is 36.1. The van der Waals surface area contributed by atoms with E-state index in [1.807, 2.05) is 42.5 Å². The van der Waals surface area contributed by atoms with E-state index in [0.29, 0.717) is 22.5 Å². The summed E-state index contributed by atoms with van der Waals surface area (Å²) in [6, 6.07) is 35.9. The second-order valence-corrected chi connectivity index (χ2v) is 20.4. The van der Waals surface area contributed by atoms with Crippen molar-refractivity contribution in [1.82, 2.24) is 14.5 Å². The number of phenols is 1. The van der Waals surface area contributed by atoms with Crippen molar-refractivity contribution in [2.24, 2.45) is 0 Å². The van der Waals surface area contributed by atoms with Gasteiger partial charge in [-0.1, -0.05) is 178 Å². The molecule has 2 aromatic heterocycles. The van der Waals surface area contributed by atoms with E-state index in [4.69, 9.17) is 14.6 Å². The highest BCUT2D eigenvalue weighted by molar-refractivity contribution is 5.98. The summed E-state index contributed by atoms with van der Waals surface area (Å²) in [5.74, 6) is 0.856. The average molecular weight is 886 g/mol. The van der Waals surface area contributed by atoms with E-state index in [1.54, 1.807) is 0 Å². The molecule has 9 rings (SSSR count). The maximum absolute atomic E-state index is 12.5. The summed E-state index contributed by atoms with van der Waals surface area (Å²) in [6.07, 6.45) is -0.502. The van der Waals surface area contributed by atoms with Crippen LogP contribution in [0.15, 0.2) is 164 Å². The van der Waals surface area contributed by atoms with Crippen LogP contribution >= 0.6 is 0 Å². The number of hydrogen-bond acceptors (Lipinski definition) is 3. The maximum Gasteiger partial charge on any atom is 0.149 e. The van der Waals surface area contributed by atoms with Crippen molar-refractivity contribution in [1.29, 1.82) is 0 Å². The van der Waals surface area contributed by atoms with E-state index in [9.17, 15) is 6.48 Å². The van der Waals surface area contributed by atoms with Crippen LogP contribution in [-0.2, 0) is 10.8 Å². The lowest BCUT2D eigenvalue weighted by Crippen LogP contribution is -2.11. The number of aromatic nitrogens is 3. The van der Waals surface area contributed by atoms with Crippen molar-refractivity contribution in [2.75, 3.05) is 0 Å². The molecular weight excluding hydrogens is 815 g/mol. The maximum atomic E-state index is 12.5. The Labute approximate surface area is 409 Å². The molecular formula is C63H63N3O. The summed E-state index contributed by atoms with van der Waals surface area (Å²) in [6.45, 7) is 23.5. The van der Waals surface area contributed by atoms with Crippen molar-refractivity contribution in [3.05, 3.63) is 192 Å². The molecule has 0 fully saturated rings. The molecule has 336 valence electrons. The van der Waals surface area contributed by atoms with Crippen LogP contribution in [0.1, 0.15) is 120 Å². The predicted octanol–water partition coefficient (Wildman–Crippen LogP) is 17.3. The van der Waals surface area contributed by atoms with Gasteiger partial charge in [0, 0.05) is 22.9 Å².